The Balaban J connectivity index is 1.97. The van der Waals surface area contributed by atoms with Gasteiger partial charge in [0, 0.05) is 12.0 Å². The topological polar surface area (TPSA) is 62.4 Å². The van der Waals surface area contributed by atoms with Gasteiger partial charge in [-0.15, -0.1) is 10.2 Å². The van der Waals surface area contributed by atoms with Crippen LogP contribution in [0.25, 0.3) is 5.57 Å². The third-order valence-corrected chi connectivity index (χ3v) is 4.33. The first kappa shape index (κ1) is 16.0. The molecule has 6 heteroatoms. The first-order chi connectivity index (χ1) is 11.2. The molecule has 1 N–H and O–H groups in total. The van der Waals surface area contributed by atoms with Crippen LogP contribution < -0.4 is 0 Å². The minimum Gasteiger partial charge on any atom is -0.437 e. The molecule has 1 aromatic carbocycles. The predicted molar refractivity (Wildman–Crippen MR) is 90.8 cm³/mol. The first-order valence-electron chi connectivity index (χ1n) is 8.21. The molecular weight excluding hydrogens is 289 g/mol. The van der Waals surface area contributed by atoms with Crippen molar-refractivity contribution in [2.24, 2.45) is 0 Å². The van der Waals surface area contributed by atoms with E-state index < -0.39 is 7.05 Å². The second-order valence-corrected chi connectivity index (χ2v) is 5.87. The molecule has 3 rings (SSSR count). The van der Waals surface area contributed by atoms with Gasteiger partial charge in [-0.1, -0.05) is 42.8 Å². The number of aromatic nitrogens is 2. The fraction of sp³-hybridized carbons (Fsp3) is 0.412. The summed E-state index contributed by atoms with van der Waals surface area (Å²) < 4.78 is 5.83. The van der Waals surface area contributed by atoms with Crippen LogP contribution in [-0.4, -0.2) is 40.2 Å². The minimum absolute atomic E-state index is 0.396. The maximum Gasteiger partial charge on any atom is 0.376 e. The van der Waals surface area contributed by atoms with E-state index in [9.17, 15) is 5.02 Å². The average Bonchev–Trinajstić information content (AvgIpc) is 3.05. The van der Waals surface area contributed by atoms with Gasteiger partial charge in [-0.3, -0.25) is 0 Å². The lowest BCUT2D eigenvalue weighted by Crippen LogP contribution is -2.41. The fourth-order valence-corrected chi connectivity index (χ4v) is 3.00. The van der Waals surface area contributed by atoms with Crippen LogP contribution in [0.4, 0.5) is 0 Å². The molecular formula is C17H22BN3O2. The van der Waals surface area contributed by atoms with Crippen LogP contribution in [0.3, 0.4) is 0 Å². The lowest BCUT2D eigenvalue weighted by molar-refractivity contribution is 0.345. The Labute approximate surface area is 137 Å². The molecule has 1 fully saturated rings. The third kappa shape index (κ3) is 3.54. The Morgan fingerprint density at radius 3 is 2.48 bits per heavy atom. The highest BCUT2D eigenvalue weighted by atomic mass is 16.4. The molecule has 120 valence electrons. The number of aryl methyl sites for hydroxylation is 1. The second kappa shape index (κ2) is 7.11. The molecule has 0 atom stereocenters. The van der Waals surface area contributed by atoms with Crippen molar-refractivity contribution in [3.8, 4) is 0 Å². The zero-order chi connectivity index (χ0) is 16.2. The standard InChI is InChI=1S/C17H22BN3O2/c1-3-15-19-20-17(23-15)16(13-7-5-4-6-8-13)14-9-11-21(12-10-14)18(2)22/h4-8,22H,3,9-12H2,1-2H3. The summed E-state index contributed by atoms with van der Waals surface area (Å²) in [5.41, 5.74) is 3.49. The van der Waals surface area contributed by atoms with E-state index in [0.717, 1.165) is 43.5 Å². The van der Waals surface area contributed by atoms with Crippen molar-refractivity contribution in [2.45, 2.75) is 33.0 Å². The Morgan fingerprint density at radius 1 is 1.22 bits per heavy atom. The summed E-state index contributed by atoms with van der Waals surface area (Å²) in [4.78, 5) is 2.08. The van der Waals surface area contributed by atoms with E-state index in [4.69, 9.17) is 4.42 Å². The molecule has 0 aliphatic carbocycles. The van der Waals surface area contributed by atoms with Crippen molar-refractivity contribution in [1.82, 2.24) is 15.0 Å². The van der Waals surface area contributed by atoms with E-state index >= 15 is 0 Å². The molecule has 1 aromatic heterocycles. The summed E-state index contributed by atoms with van der Waals surface area (Å²) >= 11 is 0. The van der Waals surface area contributed by atoms with E-state index in [1.807, 2.05) is 31.9 Å². The highest BCUT2D eigenvalue weighted by Crippen LogP contribution is 2.31. The maximum absolute atomic E-state index is 9.74. The third-order valence-electron chi connectivity index (χ3n) is 4.33. The molecule has 5 nitrogen and oxygen atoms in total. The van der Waals surface area contributed by atoms with E-state index in [2.05, 4.69) is 27.1 Å². The van der Waals surface area contributed by atoms with Crippen molar-refractivity contribution in [2.75, 3.05) is 13.1 Å². The Kier molecular flexibility index (Phi) is 4.93. The Hall–Kier alpha value is -1.92. The molecule has 1 saturated heterocycles. The van der Waals surface area contributed by atoms with Gasteiger partial charge >= 0.3 is 7.05 Å². The van der Waals surface area contributed by atoms with Gasteiger partial charge in [-0.25, -0.2) is 0 Å². The number of rotatable bonds is 4. The monoisotopic (exact) mass is 311 g/mol. The lowest BCUT2D eigenvalue weighted by Gasteiger charge is -2.30. The summed E-state index contributed by atoms with van der Waals surface area (Å²) in [5.74, 6) is 1.27. The number of hydrogen-bond acceptors (Lipinski definition) is 5. The molecule has 0 radical (unpaired) electrons. The van der Waals surface area contributed by atoms with Crippen molar-refractivity contribution < 1.29 is 9.44 Å². The van der Waals surface area contributed by atoms with Crippen LogP contribution in [0.1, 0.15) is 37.1 Å². The van der Waals surface area contributed by atoms with Crippen molar-refractivity contribution in [3.05, 3.63) is 53.2 Å². The van der Waals surface area contributed by atoms with E-state index in [0.29, 0.717) is 11.8 Å². The van der Waals surface area contributed by atoms with E-state index in [1.165, 1.54) is 5.57 Å². The summed E-state index contributed by atoms with van der Waals surface area (Å²) in [6, 6.07) is 10.2. The molecule has 1 aliphatic rings. The highest BCUT2D eigenvalue weighted by molar-refractivity contribution is 6.45. The SMILES string of the molecule is CCc1nnc(C(=C2CCN(B(C)O)CC2)c2ccccc2)o1. The number of hydrogen-bond donors (Lipinski definition) is 1. The van der Waals surface area contributed by atoms with Gasteiger partial charge < -0.3 is 14.3 Å². The van der Waals surface area contributed by atoms with Gasteiger partial charge in [-0.2, -0.15) is 0 Å². The average molecular weight is 311 g/mol. The smallest absolute Gasteiger partial charge is 0.376 e. The molecule has 0 amide bonds. The zero-order valence-corrected chi connectivity index (χ0v) is 13.7. The van der Waals surface area contributed by atoms with Crippen LogP contribution in [0, 0.1) is 0 Å². The molecule has 2 aromatic rings. The van der Waals surface area contributed by atoms with Crippen LogP contribution in [-0.2, 0) is 6.42 Å². The van der Waals surface area contributed by atoms with Crippen LogP contribution >= 0.6 is 0 Å². The molecule has 2 heterocycles. The number of nitrogens with zero attached hydrogens (tertiary/aromatic N) is 3. The summed E-state index contributed by atoms with van der Waals surface area (Å²) in [7, 11) is -0.396. The minimum atomic E-state index is -0.396. The normalized spacial score (nSPS) is 15.7. The summed E-state index contributed by atoms with van der Waals surface area (Å²) in [6.07, 6.45) is 2.54. The molecule has 1 aliphatic heterocycles. The van der Waals surface area contributed by atoms with Crippen LogP contribution in [0.5, 0.6) is 0 Å². The molecule has 0 saturated carbocycles. The largest absolute Gasteiger partial charge is 0.437 e. The highest BCUT2D eigenvalue weighted by Gasteiger charge is 2.25. The number of piperidine rings is 1. The van der Waals surface area contributed by atoms with Gasteiger partial charge in [0.1, 0.15) is 0 Å². The second-order valence-electron chi connectivity index (χ2n) is 5.87. The maximum atomic E-state index is 9.74. The van der Waals surface area contributed by atoms with Gasteiger partial charge in [0.25, 0.3) is 0 Å². The van der Waals surface area contributed by atoms with Gasteiger partial charge in [-0.05, 0) is 38.3 Å². The van der Waals surface area contributed by atoms with Crippen molar-refractivity contribution in [3.63, 3.8) is 0 Å². The summed E-state index contributed by atoms with van der Waals surface area (Å²) in [5, 5.41) is 18.1. The lowest BCUT2D eigenvalue weighted by atomic mass is 9.81. The Bertz CT molecular complexity index is 672. The molecule has 23 heavy (non-hydrogen) atoms. The van der Waals surface area contributed by atoms with E-state index in [1.54, 1.807) is 0 Å². The first-order valence-corrected chi connectivity index (χ1v) is 8.21. The fourth-order valence-electron chi connectivity index (χ4n) is 3.00. The molecule has 0 unspecified atom stereocenters. The van der Waals surface area contributed by atoms with Crippen LogP contribution in [0.15, 0.2) is 40.3 Å². The Morgan fingerprint density at radius 2 is 1.91 bits per heavy atom. The zero-order valence-electron chi connectivity index (χ0n) is 13.7. The van der Waals surface area contributed by atoms with Crippen molar-refractivity contribution >= 4 is 12.6 Å². The van der Waals surface area contributed by atoms with Gasteiger partial charge in [0.15, 0.2) is 0 Å². The number of benzene rings is 1. The van der Waals surface area contributed by atoms with E-state index in [-0.39, 0.29) is 0 Å². The quantitative estimate of drug-likeness (QED) is 0.880. The molecule has 0 spiro atoms. The van der Waals surface area contributed by atoms with Gasteiger partial charge in [0.05, 0.1) is 0 Å². The van der Waals surface area contributed by atoms with Crippen molar-refractivity contribution in [1.29, 1.82) is 0 Å². The predicted octanol–water partition coefficient (Wildman–Crippen LogP) is 2.64. The van der Waals surface area contributed by atoms with Crippen LogP contribution in [0.2, 0.25) is 6.82 Å². The van der Waals surface area contributed by atoms with Gasteiger partial charge in [0.2, 0.25) is 11.8 Å². The molecule has 0 bridgehead atoms. The summed E-state index contributed by atoms with van der Waals surface area (Å²) in [6.45, 7) is 5.52.